The zero-order valence-corrected chi connectivity index (χ0v) is 12.3. The Hall–Kier alpha value is -2.11. The van der Waals surface area contributed by atoms with Gasteiger partial charge in [0.15, 0.2) is 0 Å². The molecule has 110 valence electrons. The van der Waals surface area contributed by atoms with E-state index in [0.29, 0.717) is 16.3 Å². The highest BCUT2D eigenvalue weighted by Gasteiger charge is 2.23. The highest BCUT2D eigenvalue weighted by molar-refractivity contribution is 6.30. The van der Waals surface area contributed by atoms with Crippen LogP contribution in [0.4, 0.5) is 5.69 Å². The van der Waals surface area contributed by atoms with E-state index >= 15 is 0 Å². The minimum atomic E-state index is -1.15. The van der Waals surface area contributed by atoms with Crippen molar-refractivity contribution in [1.82, 2.24) is 4.98 Å². The van der Waals surface area contributed by atoms with Gasteiger partial charge in [0.2, 0.25) is 0 Å². The minimum Gasteiger partial charge on any atom is -0.384 e. The Balaban J connectivity index is 2.17. The Labute approximate surface area is 127 Å². The first-order valence-corrected chi connectivity index (χ1v) is 6.74. The molecular weight excluding hydrogens is 290 g/mol. The summed E-state index contributed by atoms with van der Waals surface area (Å²) in [4.78, 5) is 15.2. The number of nitrogens with zero attached hydrogens (tertiary/aromatic N) is 1. The smallest absolute Gasteiger partial charge is 0.252 e. The third-order valence-corrected chi connectivity index (χ3v) is 3.39. The third kappa shape index (κ3) is 3.71. The van der Waals surface area contributed by atoms with Crippen molar-refractivity contribution in [2.45, 2.75) is 12.5 Å². The maximum atomic E-state index is 11.3. The van der Waals surface area contributed by atoms with E-state index < -0.39 is 11.5 Å². The van der Waals surface area contributed by atoms with Gasteiger partial charge >= 0.3 is 0 Å². The quantitative estimate of drug-likeness (QED) is 0.790. The molecule has 6 heteroatoms. The molecule has 1 heterocycles. The van der Waals surface area contributed by atoms with Crippen molar-refractivity contribution in [3.63, 3.8) is 0 Å². The lowest BCUT2D eigenvalue weighted by Gasteiger charge is -2.25. The molecule has 0 radical (unpaired) electrons. The van der Waals surface area contributed by atoms with E-state index in [1.54, 1.807) is 43.5 Å². The molecule has 0 aliphatic carbocycles. The van der Waals surface area contributed by atoms with Crippen LogP contribution in [0.15, 0.2) is 42.7 Å². The second-order valence-electron chi connectivity index (χ2n) is 4.92. The maximum Gasteiger partial charge on any atom is 0.252 e. The molecule has 2 aromatic rings. The first-order valence-electron chi connectivity index (χ1n) is 6.36. The van der Waals surface area contributed by atoms with Gasteiger partial charge in [-0.05, 0) is 30.7 Å². The average molecular weight is 306 g/mol. The molecule has 1 unspecified atom stereocenters. The monoisotopic (exact) mass is 305 g/mol. The standard InChI is InChI=1S/C15H16ClN3O2/c1-15(21,10-3-2-4-11(16)7-10)9-19-13-5-6-18-8-12(13)14(17)20/h2-8,21H,9H2,1H3,(H2,17,20)(H,18,19). The number of rotatable bonds is 5. The van der Waals surface area contributed by atoms with Crippen LogP contribution in [0.5, 0.6) is 0 Å². The summed E-state index contributed by atoms with van der Waals surface area (Å²) in [5.74, 6) is -0.576. The van der Waals surface area contributed by atoms with Crippen LogP contribution in [-0.4, -0.2) is 22.5 Å². The summed E-state index contributed by atoms with van der Waals surface area (Å²) in [6, 6.07) is 8.63. The Morgan fingerprint density at radius 2 is 2.24 bits per heavy atom. The minimum absolute atomic E-state index is 0.192. The summed E-state index contributed by atoms with van der Waals surface area (Å²) in [6.07, 6.45) is 2.93. The summed E-state index contributed by atoms with van der Waals surface area (Å²) < 4.78 is 0. The number of benzene rings is 1. The molecule has 4 N–H and O–H groups in total. The molecule has 0 saturated heterocycles. The number of aromatic nitrogens is 1. The fourth-order valence-corrected chi connectivity index (χ4v) is 2.13. The zero-order chi connectivity index (χ0) is 15.5. The van der Waals surface area contributed by atoms with E-state index in [1.807, 2.05) is 0 Å². The van der Waals surface area contributed by atoms with Gasteiger partial charge in [-0.3, -0.25) is 9.78 Å². The molecule has 0 aliphatic heterocycles. The lowest BCUT2D eigenvalue weighted by molar-refractivity contribution is 0.0714. The second-order valence-corrected chi connectivity index (χ2v) is 5.36. The number of amides is 1. The molecule has 1 aromatic carbocycles. The van der Waals surface area contributed by atoms with Gasteiger partial charge in [-0.15, -0.1) is 0 Å². The van der Waals surface area contributed by atoms with Gasteiger partial charge in [0.05, 0.1) is 11.3 Å². The van der Waals surface area contributed by atoms with Gasteiger partial charge < -0.3 is 16.2 Å². The number of hydrogen-bond acceptors (Lipinski definition) is 4. The Bertz CT molecular complexity index is 659. The molecule has 1 amide bonds. The highest BCUT2D eigenvalue weighted by Crippen LogP contribution is 2.24. The molecule has 21 heavy (non-hydrogen) atoms. The fourth-order valence-electron chi connectivity index (χ4n) is 1.94. The highest BCUT2D eigenvalue weighted by atomic mass is 35.5. The summed E-state index contributed by atoms with van der Waals surface area (Å²) in [5.41, 5.74) is 5.62. The van der Waals surface area contributed by atoms with E-state index in [2.05, 4.69) is 10.3 Å². The van der Waals surface area contributed by atoms with Gasteiger partial charge in [-0.25, -0.2) is 0 Å². The normalized spacial score (nSPS) is 13.5. The predicted molar refractivity (Wildman–Crippen MR) is 82.3 cm³/mol. The summed E-state index contributed by atoms with van der Waals surface area (Å²) in [7, 11) is 0. The van der Waals surface area contributed by atoms with Crippen molar-refractivity contribution in [2.24, 2.45) is 5.73 Å². The third-order valence-electron chi connectivity index (χ3n) is 3.16. The number of aliphatic hydroxyl groups is 1. The largest absolute Gasteiger partial charge is 0.384 e. The number of carbonyl (C=O) groups excluding carboxylic acids is 1. The molecular formula is C15H16ClN3O2. The van der Waals surface area contributed by atoms with Crippen LogP contribution in [0.25, 0.3) is 0 Å². The molecule has 0 spiro atoms. The number of hydrogen-bond donors (Lipinski definition) is 3. The Morgan fingerprint density at radius 3 is 2.90 bits per heavy atom. The number of primary amides is 1. The van der Waals surface area contributed by atoms with Crippen molar-refractivity contribution in [3.8, 4) is 0 Å². The van der Waals surface area contributed by atoms with E-state index in [0.717, 1.165) is 0 Å². The molecule has 2 rings (SSSR count). The van der Waals surface area contributed by atoms with Gasteiger partial charge in [0.25, 0.3) is 5.91 Å². The number of carbonyl (C=O) groups is 1. The SMILES string of the molecule is CC(O)(CNc1ccncc1C(N)=O)c1cccc(Cl)c1. The molecule has 0 aliphatic rings. The number of halogens is 1. The van der Waals surface area contributed by atoms with Crippen LogP contribution in [0.3, 0.4) is 0 Å². The molecule has 0 fully saturated rings. The number of nitrogens with two attached hydrogens (primary N) is 1. The summed E-state index contributed by atoms with van der Waals surface area (Å²) in [5, 5.41) is 14.1. The van der Waals surface area contributed by atoms with Crippen molar-refractivity contribution in [3.05, 3.63) is 58.9 Å². The van der Waals surface area contributed by atoms with Crippen LogP contribution < -0.4 is 11.1 Å². The zero-order valence-electron chi connectivity index (χ0n) is 11.5. The van der Waals surface area contributed by atoms with E-state index in [9.17, 15) is 9.90 Å². The molecule has 0 bridgehead atoms. The van der Waals surface area contributed by atoms with E-state index in [-0.39, 0.29) is 12.1 Å². The summed E-state index contributed by atoms with van der Waals surface area (Å²) in [6.45, 7) is 1.86. The fraction of sp³-hybridized carbons (Fsp3) is 0.200. The molecule has 1 aromatic heterocycles. The van der Waals surface area contributed by atoms with Gasteiger partial charge in [0, 0.05) is 24.0 Å². The Kier molecular flexibility index (Phi) is 4.45. The maximum absolute atomic E-state index is 11.3. The number of pyridine rings is 1. The number of nitrogens with one attached hydrogen (secondary N) is 1. The van der Waals surface area contributed by atoms with Crippen LogP contribution in [-0.2, 0) is 5.60 Å². The number of anilines is 1. The van der Waals surface area contributed by atoms with Crippen LogP contribution in [0, 0.1) is 0 Å². The Morgan fingerprint density at radius 1 is 1.48 bits per heavy atom. The average Bonchev–Trinajstić information content (AvgIpc) is 2.45. The van der Waals surface area contributed by atoms with Gasteiger partial charge in [-0.2, -0.15) is 0 Å². The van der Waals surface area contributed by atoms with Crippen LogP contribution in [0.2, 0.25) is 5.02 Å². The summed E-state index contributed by atoms with van der Waals surface area (Å²) >= 11 is 5.93. The molecule has 1 atom stereocenters. The van der Waals surface area contributed by atoms with Gasteiger partial charge in [-0.1, -0.05) is 23.7 Å². The topological polar surface area (TPSA) is 88.2 Å². The van der Waals surface area contributed by atoms with E-state index in [1.165, 1.54) is 6.20 Å². The van der Waals surface area contributed by atoms with E-state index in [4.69, 9.17) is 17.3 Å². The second kappa shape index (κ2) is 6.11. The lowest BCUT2D eigenvalue weighted by atomic mass is 9.96. The first kappa shape index (κ1) is 15.3. The predicted octanol–water partition coefficient (Wildman–Crippen LogP) is 2.15. The van der Waals surface area contributed by atoms with Crippen LogP contribution in [0.1, 0.15) is 22.8 Å². The van der Waals surface area contributed by atoms with Crippen molar-refractivity contribution in [2.75, 3.05) is 11.9 Å². The van der Waals surface area contributed by atoms with Crippen molar-refractivity contribution in [1.29, 1.82) is 0 Å². The molecule has 5 nitrogen and oxygen atoms in total. The van der Waals surface area contributed by atoms with Crippen molar-refractivity contribution < 1.29 is 9.90 Å². The van der Waals surface area contributed by atoms with Crippen molar-refractivity contribution >= 4 is 23.2 Å². The van der Waals surface area contributed by atoms with Crippen LogP contribution >= 0.6 is 11.6 Å². The molecule has 0 saturated carbocycles. The first-order chi connectivity index (χ1) is 9.90. The lowest BCUT2D eigenvalue weighted by Crippen LogP contribution is -2.31. The van der Waals surface area contributed by atoms with Gasteiger partial charge in [0.1, 0.15) is 5.60 Å².